The second kappa shape index (κ2) is 33.4. The topological polar surface area (TPSA) is 93.1 Å². The van der Waals surface area contributed by atoms with Gasteiger partial charge in [0.05, 0.1) is 6.10 Å². The van der Waals surface area contributed by atoms with Crippen LogP contribution in [0.15, 0.2) is 36.5 Å². The standard InChI is InChI=1S/C39H70O6/c1-4-5-6-7-14-19-24-29-36(40)30-25-20-17-22-27-32-39(43)45-34-37(41)33-44-38(42)31-26-21-16-13-11-9-8-10-12-15-18-23-28-35(2)3/h5-6,14,19,24,29,35-37,40-41H,4,7-13,15-18,20-23,25-28,30-34H2,1-3H3/b6-5+,19-14+,29-24+/t36?,37-/m1/s1. The zero-order valence-corrected chi connectivity index (χ0v) is 29.4. The van der Waals surface area contributed by atoms with E-state index in [9.17, 15) is 19.8 Å². The minimum absolute atomic E-state index is 0.141. The smallest absolute Gasteiger partial charge is 0.305 e. The maximum atomic E-state index is 11.9. The maximum Gasteiger partial charge on any atom is 0.305 e. The van der Waals surface area contributed by atoms with Crippen molar-refractivity contribution < 1.29 is 29.3 Å². The van der Waals surface area contributed by atoms with Crippen molar-refractivity contribution in [2.45, 2.75) is 181 Å². The van der Waals surface area contributed by atoms with Crippen LogP contribution in [0.4, 0.5) is 0 Å². The molecule has 0 heterocycles. The highest BCUT2D eigenvalue weighted by Gasteiger charge is 2.12. The van der Waals surface area contributed by atoms with Gasteiger partial charge in [-0.15, -0.1) is 0 Å². The lowest BCUT2D eigenvalue weighted by molar-refractivity contribution is -0.152. The second-order valence-electron chi connectivity index (χ2n) is 13.0. The number of aliphatic hydroxyl groups excluding tert-OH is 2. The van der Waals surface area contributed by atoms with Gasteiger partial charge in [0.1, 0.15) is 19.3 Å². The molecule has 0 amide bonds. The summed E-state index contributed by atoms with van der Waals surface area (Å²) in [5.74, 6) is 0.197. The fourth-order valence-corrected chi connectivity index (χ4v) is 5.10. The maximum absolute atomic E-state index is 11.9. The minimum atomic E-state index is -0.994. The van der Waals surface area contributed by atoms with Gasteiger partial charge in [-0.25, -0.2) is 0 Å². The van der Waals surface area contributed by atoms with Crippen LogP contribution in [-0.4, -0.2) is 47.6 Å². The molecule has 0 fully saturated rings. The first-order valence-corrected chi connectivity index (χ1v) is 18.5. The third-order valence-electron chi connectivity index (χ3n) is 7.92. The van der Waals surface area contributed by atoms with E-state index in [-0.39, 0.29) is 25.2 Å². The molecule has 2 N–H and O–H groups in total. The molecule has 0 radical (unpaired) electrons. The van der Waals surface area contributed by atoms with Crippen molar-refractivity contribution in [3.63, 3.8) is 0 Å². The number of hydrogen-bond acceptors (Lipinski definition) is 6. The fraction of sp³-hybridized carbons (Fsp3) is 0.795. The Bertz CT molecular complexity index is 757. The minimum Gasteiger partial charge on any atom is -0.463 e. The van der Waals surface area contributed by atoms with E-state index in [1.807, 2.05) is 18.2 Å². The molecule has 0 spiro atoms. The molecule has 0 rings (SSSR count). The van der Waals surface area contributed by atoms with E-state index in [0.717, 1.165) is 76.5 Å². The van der Waals surface area contributed by atoms with E-state index >= 15 is 0 Å². The van der Waals surface area contributed by atoms with Gasteiger partial charge < -0.3 is 19.7 Å². The summed E-state index contributed by atoms with van der Waals surface area (Å²) in [5.41, 5.74) is 0. The summed E-state index contributed by atoms with van der Waals surface area (Å²) < 4.78 is 10.3. The van der Waals surface area contributed by atoms with Crippen molar-refractivity contribution in [1.82, 2.24) is 0 Å². The molecule has 0 bridgehead atoms. The molecule has 0 aliphatic heterocycles. The largest absolute Gasteiger partial charge is 0.463 e. The van der Waals surface area contributed by atoms with Crippen molar-refractivity contribution in [2.75, 3.05) is 13.2 Å². The van der Waals surface area contributed by atoms with Crippen LogP contribution < -0.4 is 0 Å². The van der Waals surface area contributed by atoms with Gasteiger partial charge in [0.25, 0.3) is 0 Å². The van der Waals surface area contributed by atoms with Gasteiger partial charge in [-0.2, -0.15) is 0 Å². The number of unbranched alkanes of at least 4 members (excludes halogenated alkanes) is 15. The fourth-order valence-electron chi connectivity index (χ4n) is 5.10. The first-order valence-electron chi connectivity index (χ1n) is 18.5. The van der Waals surface area contributed by atoms with E-state index in [4.69, 9.17) is 9.47 Å². The lowest BCUT2D eigenvalue weighted by Gasteiger charge is -2.12. The number of ether oxygens (including phenoxy) is 2. The van der Waals surface area contributed by atoms with E-state index in [1.54, 1.807) is 0 Å². The summed E-state index contributed by atoms with van der Waals surface area (Å²) in [6.45, 7) is 6.42. The summed E-state index contributed by atoms with van der Waals surface area (Å²) in [7, 11) is 0. The van der Waals surface area contributed by atoms with Gasteiger partial charge in [-0.05, 0) is 38.0 Å². The number of carbonyl (C=O) groups excluding carboxylic acids is 2. The Morgan fingerprint density at radius 3 is 1.49 bits per heavy atom. The monoisotopic (exact) mass is 635 g/mol. The predicted molar refractivity (Wildman–Crippen MR) is 188 cm³/mol. The van der Waals surface area contributed by atoms with E-state index < -0.39 is 12.2 Å². The van der Waals surface area contributed by atoms with Crippen molar-refractivity contribution in [3.8, 4) is 0 Å². The van der Waals surface area contributed by atoms with Gasteiger partial charge in [0.15, 0.2) is 0 Å². The van der Waals surface area contributed by atoms with E-state index in [2.05, 4.69) is 39.0 Å². The average molecular weight is 635 g/mol. The van der Waals surface area contributed by atoms with Gasteiger partial charge in [-0.3, -0.25) is 9.59 Å². The first-order chi connectivity index (χ1) is 21.8. The Balaban J connectivity index is 3.53. The Labute approximate surface area is 277 Å². The molecule has 0 aromatic heterocycles. The van der Waals surface area contributed by atoms with Crippen molar-refractivity contribution in [1.29, 1.82) is 0 Å². The van der Waals surface area contributed by atoms with Crippen LogP contribution in [0.5, 0.6) is 0 Å². The summed E-state index contributed by atoms with van der Waals surface area (Å²) in [5, 5.41) is 20.0. The zero-order valence-electron chi connectivity index (χ0n) is 29.4. The molecule has 45 heavy (non-hydrogen) atoms. The number of allylic oxidation sites excluding steroid dienone is 5. The van der Waals surface area contributed by atoms with E-state index in [0.29, 0.717) is 12.8 Å². The van der Waals surface area contributed by atoms with E-state index in [1.165, 1.54) is 64.2 Å². The van der Waals surface area contributed by atoms with Crippen molar-refractivity contribution in [2.24, 2.45) is 5.92 Å². The normalized spacial score (nSPS) is 13.4. The molecule has 6 heteroatoms. The van der Waals surface area contributed by atoms with Crippen LogP contribution in [-0.2, 0) is 19.1 Å². The third-order valence-corrected chi connectivity index (χ3v) is 7.92. The van der Waals surface area contributed by atoms with Crippen molar-refractivity contribution >= 4 is 11.9 Å². The molecular weight excluding hydrogens is 564 g/mol. The highest BCUT2D eigenvalue weighted by molar-refractivity contribution is 5.69. The van der Waals surface area contributed by atoms with Crippen LogP contribution >= 0.6 is 0 Å². The Kier molecular flexibility index (Phi) is 32.0. The second-order valence-corrected chi connectivity index (χ2v) is 13.0. The quantitative estimate of drug-likeness (QED) is 0.0331. The van der Waals surface area contributed by atoms with Crippen LogP contribution in [0.25, 0.3) is 0 Å². The predicted octanol–water partition coefficient (Wildman–Crippen LogP) is 10.1. The molecule has 262 valence electrons. The zero-order chi connectivity index (χ0) is 33.2. The Morgan fingerprint density at radius 2 is 1.02 bits per heavy atom. The molecule has 2 atom stereocenters. The number of carbonyl (C=O) groups is 2. The molecule has 0 aromatic carbocycles. The summed E-state index contributed by atoms with van der Waals surface area (Å²) >= 11 is 0. The lowest BCUT2D eigenvalue weighted by atomic mass is 10.0. The lowest BCUT2D eigenvalue weighted by Crippen LogP contribution is -2.25. The third kappa shape index (κ3) is 34.8. The number of rotatable bonds is 32. The first kappa shape index (κ1) is 43.1. The molecular formula is C39H70O6. The number of esters is 2. The van der Waals surface area contributed by atoms with Gasteiger partial charge >= 0.3 is 11.9 Å². The summed E-state index contributed by atoms with van der Waals surface area (Å²) in [6.07, 6.45) is 35.0. The molecule has 6 nitrogen and oxygen atoms in total. The molecule has 0 aliphatic carbocycles. The molecule has 0 saturated heterocycles. The van der Waals surface area contributed by atoms with Gasteiger partial charge in [-0.1, -0.05) is 160 Å². The van der Waals surface area contributed by atoms with Crippen molar-refractivity contribution in [3.05, 3.63) is 36.5 Å². The average Bonchev–Trinajstić information content (AvgIpc) is 3.01. The molecule has 1 unspecified atom stereocenters. The van der Waals surface area contributed by atoms with Gasteiger partial charge in [0.2, 0.25) is 0 Å². The summed E-state index contributed by atoms with van der Waals surface area (Å²) in [6, 6.07) is 0. The SMILES string of the molecule is CC/C=C/C/C=C/C=C/C(O)CCCCCCCC(=O)OC[C@H](O)COC(=O)CCCCCCCCCCCCCCC(C)C. The van der Waals surface area contributed by atoms with Crippen LogP contribution in [0.1, 0.15) is 168 Å². The Hall–Kier alpha value is -1.92. The molecule has 0 aliphatic rings. The summed E-state index contributed by atoms with van der Waals surface area (Å²) in [4.78, 5) is 23.9. The molecule has 0 saturated carbocycles. The van der Waals surface area contributed by atoms with Gasteiger partial charge in [0, 0.05) is 12.8 Å². The Morgan fingerprint density at radius 1 is 0.578 bits per heavy atom. The highest BCUT2D eigenvalue weighted by Crippen LogP contribution is 2.15. The molecule has 0 aromatic rings. The number of hydrogen-bond donors (Lipinski definition) is 2. The highest BCUT2D eigenvalue weighted by atomic mass is 16.6. The van der Waals surface area contributed by atoms with Crippen LogP contribution in [0, 0.1) is 5.92 Å². The van der Waals surface area contributed by atoms with Crippen LogP contribution in [0.2, 0.25) is 0 Å². The van der Waals surface area contributed by atoms with Crippen LogP contribution in [0.3, 0.4) is 0 Å². The number of aliphatic hydroxyl groups is 2.